The molecular weight excluding hydrogens is 217 g/mol. The first-order chi connectivity index (χ1) is 7.24. The summed E-state index contributed by atoms with van der Waals surface area (Å²) >= 11 is 5.57. The van der Waals surface area contributed by atoms with Crippen molar-refractivity contribution in [2.24, 2.45) is 0 Å². The number of hydrogen-bond donors (Lipinski definition) is 1. The molecule has 0 bridgehead atoms. The third kappa shape index (κ3) is 4.60. The Bertz CT molecular complexity index is 307. The Hall–Kier alpha value is -0.640. The lowest BCUT2D eigenvalue weighted by Gasteiger charge is -2.05. The number of halogens is 2. The van der Waals surface area contributed by atoms with Crippen LogP contribution in [0.15, 0.2) is 18.2 Å². The summed E-state index contributed by atoms with van der Waals surface area (Å²) in [5.74, 6) is -0.368. The van der Waals surface area contributed by atoms with Crippen LogP contribution in [0.5, 0.6) is 0 Å². The van der Waals surface area contributed by atoms with Crippen molar-refractivity contribution in [2.45, 2.75) is 13.0 Å². The van der Waals surface area contributed by atoms with E-state index in [-0.39, 0.29) is 10.8 Å². The minimum Gasteiger partial charge on any atom is -0.385 e. The summed E-state index contributed by atoms with van der Waals surface area (Å²) in [5, 5.41) is 3.36. The first kappa shape index (κ1) is 12.4. The van der Waals surface area contributed by atoms with E-state index < -0.39 is 0 Å². The molecule has 0 fully saturated rings. The lowest BCUT2D eigenvalue weighted by Crippen LogP contribution is -2.16. The monoisotopic (exact) mass is 231 g/mol. The quantitative estimate of drug-likeness (QED) is 0.760. The van der Waals surface area contributed by atoms with Crippen LogP contribution < -0.4 is 5.32 Å². The summed E-state index contributed by atoms with van der Waals surface area (Å²) in [6, 6.07) is 4.84. The van der Waals surface area contributed by atoms with E-state index in [9.17, 15) is 4.39 Å². The van der Waals surface area contributed by atoms with E-state index in [0.29, 0.717) is 6.54 Å². The molecule has 0 unspecified atom stereocenters. The summed E-state index contributed by atoms with van der Waals surface area (Å²) in [5.41, 5.74) is 0.898. The second-order valence-corrected chi connectivity index (χ2v) is 3.68. The van der Waals surface area contributed by atoms with Gasteiger partial charge in [0.25, 0.3) is 0 Å². The van der Waals surface area contributed by atoms with Gasteiger partial charge in [-0.1, -0.05) is 17.7 Å². The largest absolute Gasteiger partial charge is 0.385 e. The highest BCUT2D eigenvalue weighted by Gasteiger charge is 2.00. The first-order valence-electron chi connectivity index (χ1n) is 4.87. The van der Waals surface area contributed by atoms with Crippen molar-refractivity contribution in [3.63, 3.8) is 0 Å². The van der Waals surface area contributed by atoms with Crippen molar-refractivity contribution in [1.82, 2.24) is 5.32 Å². The topological polar surface area (TPSA) is 21.3 Å². The highest BCUT2D eigenvalue weighted by atomic mass is 35.5. The van der Waals surface area contributed by atoms with Gasteiger partial charge in [-0.25, -0.2) is 4.39 Å². The smallest absolute Gasteiger partial charge is 0.142 e. The standard InChI is InChI=1S/C11H15ClFNO/c1-15-6-2-5-14-8-9-3-4-10(12)11(13)7-9/h3-4,7,14H,2,5-6,8H2,1H3. The molecule has 4 heteroatoms. The predicted octanol–water partition coefficient (Wildman–Crippen LogP) is 2.61. The average molecular weight is 232 g/mol. The van der Waals surface area contributed by atoms with Crippen LogP contribution in [-0.2, 0) is 11.3 Å². The fourth-order valence-electron chi connectivity index (χ4n) is 1.22. The van der Waals surface area contributed by atoms with Gasteiger partial charge in [0.15, 0.2) is 0 Å². The second-order valence-electron chi connectivity index (χ2n) is 3.27. The van der Waals surface area contributed by atoms with E-state index in [0.717, 1.165) is 25.1 Å². The summed E-state index contributed by atoms with van der Waals surface area (Å²) < 4.78 is 17.9. The van der Waals surface area contributed by atoms with E-state index in [1.165, 1.54) is 6.07 Å². The molecule has 1 aromatic carbocycles. The van der Waals surface area contributed by atoms with Crippen molar-refractivity contribution in [2.75, 3.05) is 20.3 Å². The van der Waals surface area contributed by atoms with E-state index >= 15 is 0 Å². The highest BCUT2D eigenvalue weighted by Crippen LogP contribution is 2.15. The molecule has 0 aliphatic rings. The van der Waals surface area contributed by atoms with Crippen LogP contribution >= 0.6 is 11.6 Å². The Labute approximate surface area is 94.4 Å². The van der Waals surface area contributed by atoms with Gasteiger partial charge in [0.2, 0.25) is 0 Å². The van der Waals surface area contributed by atoms with Crippen molar-refractivity contribution < 1.29 is 9.13 Å². The van der Waals surface area contributed by atoms with Crippen molar-refractivity contribution in [3.8, 4) is 0 Å². The molecule has 15 heavy (non-hydrogen) atoms. The minimum atomic E-state index is -0.368. The third-order valence-electron chi connectivity index (χ3n) is 2.02. The van der Waals surface area contributed by atoms with Gasteiger partial charge in [-0.3, -0.25) is 0 Å². The Morgan fingerprint density at radius 3 is 2.93 bits per heavy atom. The Morgan fingerprint density at radius 1 is 1.47 bits per heavy atom. The van der Waals surface area contributed by atoms with E-state index in [4.69, 9.17) is 16.3 Å². The molecule has 0 heterocycles. The van der Waals surface area contributed by atoms with Crippen molar-refractivity contribution in [1.29, 1.82) is 0 Å². The highest BCUT2D eigenvalue weighted by molar-refractivity contribution is 6.30. The second kappa shape index (κ2) is 6.77. The molecule has 0 aromatic heterocycles. The Morgan fingerprint density at radius 2 is 2.27 bits per heavy atom. The molecule has 2 nitrogen and oxygen atoms in total. The van der Waals surface area contributed by atoms with Crippen LogP contribution in [0, 0.1) is 5.82 Å². The Balaban J connectivity index is 2.28. The summed E-state index contributed by atoms with van der Waals surface area (Å²) in [7, 11) is 1.68. The fourth-order valence-corrected chi connectivity index (χ4v) is 1.34. The normalized spacial score (nSPS) is 10.6. The third-order valence-corrected chi connectivity index (χ3v) is 2.32. The zero-order valence-electron chi connectivity index (χ0n) is 8.72. The van der Waals surface area contributed by atoms with E-state index in [1.807, 2.05) is 6.07 Å². The van der Waals surface area contributed by atoms with Gasteiger partial charge in [0.1, 0.15) is 5.82 Å². The lowest BCUT2D eigenvalue weighted by atomic mass is 10.2. The molecule has 0 amide bonds. The summed E-state index contributed by atoms with van der Waals surface area (Å²) in [6.45, 7) is 2.25. The lowest BCUT2D eigenvalue weighted by molar-refractivity contribution is 0.194. The molecule has 0 aliphatic carbocycles. The number of nitrogens with one attached hydrogen (secondary N) is 1. The van der Waals surface area contributed by atoms with Crippen molar-refractivity contribution >= 4 is 11.6 Å². The molecule has 1 N–H and O–H groups in total. The fraction of sp³-hybridized carbons (Fsp3) is 0.455. The maximum absolute atomic E-state index is 13.0. The number of benzene rings is 1. The van der Waals surface area contributed by atoms with Gasteiger partial charge in [-0.15, -0.1) is 0 Å². The van der Waals surface area contributed by atoms with Gasteiger partial charge >= 0.3 is 0 Å². The van der Waals surface area contributed by atoms with Crippen LogP contribution in [0.4, 0.5) is 4.39 Å². The van der Waals surface area contributed by atoms with Gasteiger partial charge in [0.05, 0.1) is 5.02 Å². The van der Waals surface area contributed by atoms with Crippen LogP contribution in [0.2, 0.25) is 5.02 Å². The molecule has 84 valence electrons. The molecule has 0 radical (unpaired) electrons. The molecular formula is C11H15ClFNO. The van der Waals surface area contributed by atoms with Crippen LogP contribution in [-0.4, -0.2) is 20.3 Å². The molecule has 0 atom stereocenters. The number of ether oxygens (including phenoxy) is 1. The van der Waals surface area contributed by atoms with Crippen molar-refractivity contribution in [3.05, 3.63) is 34.6 Å². The maximum atomic E-state index is 13.0. The molecule has 1 aromatic rings. The van der Waals surface area contributed by atoms with Crippen LogP contribution in [0.25, 0.3) is 0 Å². The zero-order chi connectivity index (χ0) is 11.1. The number of hydrogen-bond acceptors (Lipinski definition) is 2. The molecule has 0 aliphatic heterocycles. The Kier molecular flexibility index (Phi) is 5.61. The molecule has 0 saturated carbocycles. The summed E-state index contributed by atoms with van der Waals surface area (Å²) in [4.78, 5) is 0. The van der Waals surface area contributed by atoms with Crippen LogP contribution in [0.3, 0.4) is 0 Å². The minimum absolute atomic E-state index is 0.165. The first-order valence-corrected chi connectivity index (χ1v) is 5.25. The van der Waals surface area contributed by atoms with Crippen LogP contribution in [0.1, 0.15) is 12.0 Å². The summed E-state index contributed by atoms with van der Waals surface area (Å²) in [6.07, 6.45) is 0.951. The molecule has 0 spiro atoms. The average Bonchev–Trinajstić information content (AvgIpc) is 2.23. The van der Waals surface area contributed by atoms with E-state index in [2.05, 4.69) is 5.32 Å². The number of methoxy groups -OCH3 is 1. The SMILES string of the molecule is COCCCNCc1ccc(Cl)c(F)c1. The van der Waals surface area contributed by atoms with Gasteiger partial charge in [-0.05, 0) is 30.7 Å². The van der Waals surface area contributed by atoms with Gasteiger partial charge in [-0.2, -0.15) is 0 Å². The van der Waals surface area contributed by atoms with Gasteiger partial charge < -0.3 is 10.1 Å². The predicted molar refractivity (Wildman–Crippen MR) is 59.6 cm³/mol. The zero-order valence-corrected chi connectivity index (χ0v) is 9.48. The molecule has 0 saturated heterocycles. The van der Waals surface area contributed by atoms with Gasteiger partial charge in [0, 0.05) is 20.3 Å². The maximum Gasteiger partial charge on any atom is 0.142 e. The molecule has 1 rings (SSSR count). The number of rotatable bonds is 6. The van der Waals surface area contributed by atoms with E-state index in [1.54, 1.807) is 13.2 Å².